The average Bonchev–Trinajstić information content (AvgIpc) is 3.27. The summed E-state index contributed by atoms with van der Waals surface area (Å²) in [6.07, 6.45) is 5.00. The average molecular weight is 458 g/mol. The third kappa shape index (κ3) is 4.74. The van der Waals surface area contributed by atoms with E-state index in [9.17, 15) is 13.2 Å². The van der Waals surface area contributed by atoms with Crippen molar-refractivity contribution in [2.75, 3.05) is 6.54 Å². The van der Waals surface area contributed by atoms with Gasteiger partial charge in [0.15, 0.2) is 0 Å². The van der Waals surface area contributed by atoms with Crippen molar-refractivity contribution >= 4 is 11.3 Å². The van der Waals surface area contributed by atoms with E-state index in [1.54, 1.807) is 23.5 Å². The molecule has 1 aromatic carbocycles. The van der Waals surface area contributed by atoms with Crippen LogP contribution in [-0.4, -0.2) is 21.4 Å². The standard InChI is InChI=1S/C25H26F3N3S/c26-25(27,28)20-8-6-17(7-9-20)23-11-10-21(32-23)16-31-13-12-22-19(15-31)14-29-24(30-22)18-4-2-1-3-5-18/h6-11,14,18H,1-5,12-13,15-16H2. The summed E-state index contributed by atoms with van der Waals surface area (Å²) in [5.74, 6) is 1.57. The number of hydrogen-bond acceptors (Lipinski definition) is 4. The lowest BCUT2D eigenvalue weighted by Gasteiger charge is -2.28. The Morgan fingerprint density at radius 2 is 1.78 bits per heavy atom. The molecule has 0 amide bonds. The van der Waals surface area contributed by atoms with Crippen LogP contribution in [0, 0.1) is 0 Å². The van der Waals surface area contributed by atoms with Crippen molar-refractivity contribution in [2.24, 2.45) is 0 Å². The van der Waals surface area contributed by atoms with E-state index in [0.717, 1.165) is 54.5 Å². The molecule has 5 rings (SSSR count). The third-order valence-electron chi connectivity index (χ3n) is 6.54. The van der Waals surface area contributed by atoms with Crippen LogP contribution in [0.25, 0.3) is 10.4 Å². The minimum atomic E-state index is -4.30. The number of halogens is 3. The van der Waals surface area contributed by atoms with Crippen molar-refractivity contribution in [1.82, 2.24) is 14.9 Å². The summed E-state index contributed by atoms with van der Waals surface area (Å²) >= 11 is 1.64. The molecule has 0 N–H and O–H groups in total. The van der Waals surface area contributed by atoms with Gasteiger partial charge in [0.1, 0.15) is 5.82 Å². The van der Waals surface area contributed by atoms with Crippen LogP contribution in [0.5, 0.6) is 0 Å². The largest absolute Gasteiger partial charge is 0.416 e. The maximum Gasteiger partial charge on any atom is 0.416 e. The Kier molecular flexibility index (Phi) is 6.03. The molecule has 3 heterocycles. The van der Waals surface area contributed by atoms with Crippen molar-refractivity contribution in [2.45, 2.75) is 63.7 Å². The molecule has 168 valence electrons. The monoisotopic (exact) mass is 457 g/mol. The molecule has 0 unspecified atom stereocenters. The van der Waals surface area contributed by atoms with Gasteiger partial charge < -0.3 is 0 Å². The highest BCUT2D eigenvalue weighted by atomic mass is 32.1. The van der Waals surface area contributed by atoms with Gasteiger partial charge in [-0.05, 0) is 42.7 Å². The van der Waals surface area contributed by atoms with E-state index >= 15 is 0 Å². The zero-order chi connectivity index (χ0) is 22.1. The summed E-state index contributed by atoms with van der Waals surface area (Å²) in [5.41, 5.74) is 2.63. The molecule has 32 heavy (non-hydrogen) atoms. The predicted octanol–water partition coefficient (Wildman–Crippen LogP) is 6.83. The van der Waals surface area contributed by atoms with Crippen LogP contribution in [-0.2, 0) is 25.7 Å². The first-order chi connectivity index (χ1) is 15.5. The Balaban J connectivity index is 1.23. The van der Waals surface area contributed by atoms with Crippen molar-refractivity contribution < 1.29 is 13.2 Å². The Morgan fingerprint density at radius 3 is 2.53 bits per heavy atom. The van der Waals surface area contributed by atoms with Gasteiger partial charge in [-0.1, -0.05) is 31.4 Å². The lowest BCUT2D eigenvalue weighted by Crippen LogP contribution is -2.31. The van der Waals surface area contributed by atoms with Gasteiger partial charge in [0.2, 0.25) is 0 Å². The summed E-state index contributed by atoms with van der Waals surface area (Å²) in [6.45, 7) is 2.63. The van der Waals surface area contributed by atoms with E-state index in [4.69, 9.17) is 9.97 Å². The second-order valence-corrected chi connectivity index (χ2v) is 10.0. The first-order valence-corrected chi connectivity index (χ1v) is 12.1. The molecule has 3 nitrogen and oxygen atoms in total. The Bertz CT molecular complexity index is 1070. The lowest BCUT2D eigenvalue weighted by atomic mass is 9.88. The topological polar surface area (TPSA) is 29.0 Å². The second-order valence-electron chi connectivity index (χ2n) is 8.84. The first kappa shape index (κ1) is 21.6. The van der Waals surface area contributed by atoms with E-state index in [1.165, 1.54) is 48.2 Å². The Labute approximate surface area is 190 Å². The van der Waals surface area contributed by atoms with Crippen molar-refractivity contribution in [1.29, 1.82) is 0 Å². The molecule has 0 bridgehead atoms. The summed E-state index contributed by atoms with van der Waals surface area (Å²) in [4.78, 5) is 14.2. The van der Waals surface area contributed by atoms with E-state index < -0.39 is 11.7 Å². The van der Waals surface area contributed by atoms with Crippen molar-refractivity contribution in [3.05, 3.63) is 70.1 Å². The number of hydrogen-bond donors (Lipinski definition) is 0. The number of rotatable bonds is 4. The molecule has 3 aromatic rings. The molecule has 2 aromatic heterocycles. The van der Waals surface area contributed by atoms with Crippen LogP contribution >= 0.6 is 11.3 Å². The SMILES string of the molecule is FC(F)(F)c1ccc(-c2ccc(CN3CCc4nc(C5CCCCC5)ncc4C3)s2)cc1. The Morgan fingerprint density at radius 1 is 1.00 bits per heavy atom. The third-order valence-corrected chi connectivity index (χ3v) is 7.66. The smallest absolute Gasteiger partial charge is 0.293 e. The molecule has 2 aliphatic rings. The van der Waals surface area contributed by atoms with Crippen LogP contribution < -0.4 is 0 Å². The predicted molar refractivity (Wildman–Crippen MR) is 120 cm³/mol. The summed E-state index contributed by atoms with van der Waals surface area (Å²) in [5, 5.41) is 0. The van der Waals surface area contributed by atoms with Gasteiger partial charge in [-0.15, -0.1) is 11.3 Å². The minimum absolute atomic E-state index is 0.529. The molecule has 7 heteroatoms. The van der Waals surface area contributed by atoms with Crippen molar-refractivity contribution in [3.8, 4) is 10.4 Å². The quantitative estimate of drug-likeness (QED) is 0.430. The summed E-state index contributed by atoms with van der Waals surface area (Å²) in [6, 6.07) is 9.49. The molecule has 0 saturated heterocycles. The fraction of sp³-hybridized carbons (Fsp3) is 0.440. The van der Waals surface area contributed by atoms with Gasteiger partial charge in [-0.3, -0.25) is 4.90 Å². The van der Waals surface area contributed by atoms with E-state index in [-0.39, 0.29) is 0 Å². The maximum absolute atomic E-state index is 12.8. The molecule has 0 radical (unpaired) electrons. The van der Waals surface area contributed by atoms with Crippen LogP contribution in [0.15, 0.2) is 42.6 Å². The van der Waals surface area contributed by atoms with Gasteiger partial charge >= 0.3 is 6.18 Å². The number of benzene rings is 1. The molecular formula is C25H26F3N3S. The molecule has 0 atom stereocenters. The molecule has 1 aliphatic heterocycles. The normalized spacial score (nSPS) is 18.0. The van der Waals surface area contributed by atoms with Gasteiger partial charge in [-0.25, -0.2) is 9.97 Å². The lowest BCUT2D eigenvalue weighted by molar-refractivity contribution is -0.137. The van der Waals surface area contributed by atoms with Gasteiger partial charge in [-0.2, -0.15) is 13.2 Å². The number of aromatic nitrogens is 2. The summed E-state index contributed by atoms with van der Waals surface area (Å²) in [7, 11) is 0. The second kappa shape index (κ2) is 8.94. The Hall–Kier alpha value is -2.25. The summed E-state index contributed by atoms with van der Waals surface area (Å²) < 4.78 is 38.4. The molecule has 1 saturated carbocycles. The number of alkyl halides is 3. The van der Waals surface area contributed by atoms with Crippen molar-refractivity contribution in [3.63, 3.8) is 0 Å². The van der Waals surface area contributed by atoms with Gasteiger partial charge in [0, 0.05) is 59.2 Å². The van der Waals surface area contributed by atoms with Crippen LogP contribution in [0.3, 0.4) is 0 Å². The molecule has 1 fully saturated rings. The van der Waals surface area contributed by atoms with E-state index in [1.807, 2.05) is 12.3 Å². The van der Waals surface area contributed by atoms with E-state index in [2.05, 4.69) is 11.0 Å². The zero-order valence-corrected chi connectivity index (χ0v) is 18.7. The number of fused-ring (bicyclic) bond motifs is 1. The number of thiophene rings is 1. The molecule has 1 aliphatic carbocycles. The first-order valence-electron chi connectivity index (χ1n) is 11.3. The van der Waals surface area contributed by atoms with E-state index in [0.29, 0.717) is 5.92 Å². The maximum atomic E-state index is 12.8. The highest BCUT2D eigenvalue weighted by molar-refractivity contribution is 7.15. The fourth-order valence-corrected chi connectivity index (χ4v) is 5.80. The number of nitrogens with zero attached hydrogens (tertiary/aromatic N) is 3. The highest BCUT2D eigenvalue weighted by Crippen LogP contribution is 2.34. The van der Waals surface area contributed by atoms with Crippen LogP contribution in [0.4, 0.5) is 13.2 Å². The van der Waals surface area contributed by atoms with Crippen LogP contribution in [0.1, 0.15) is 65.5 Å². The highest BCUT2D eigenvalue weighted by Gasteiger charge is 2.30. The van der Waals surface area contributed by atoms with Crippen LogP contribution in [0.2, 0.25) is 0 Å². The molecule has 0 spiro atoms. The van der Waals surface area contributed by atoms with Gasteiger partial charge in [0.25, 0.3) is 0 Å². The molecular weight excluding hydrogens is 431 g/mol. The minimum Gasteiger partial charge on any atom is -0.293 e. The zero-order valence-electron chi connectivity index (χ0n) is 17.9. The van der Waals surface area contributed by atoms with Gasteiger partial charge in [0.05, 0.1) is 5.56 Å². The fourth-order valence-electron chi connectivity index (χ4n) is 4.74.